The lowest BCUT2D eigenvalue weighted by atomic mass is 10.0. The predicted octanol–water partition coefficient (Wildman–Crippen LogP) is 4.15. The summed E-state index contributed by atoms with van der Waals surface area (Å²) >= 11 is 7.81. The summed E-state index contributed by atoms with van der Waals surface area (Å²) in [6.45, 7) is 2.41. The van der Waals surface area contributed by atoms with Gasteiger partial charge in [-0.05, 0) is 62.6 Å². The van der Waals surface area contributed by atoms with Crippen LogP contribution >= 0.6 is 23.4 Å². The molecule has 3 rings (SSSR count). The van der Waals surface area contributed by atoms with Gasteiger partial charge in [0.05, 0.1) is 23.7 Å². The standard InChI is InChI=1S/C25H32ClN3O3S/c1-32-23-12-6-4-10-19(23)22(29-14-7-8-15-29)17-27-25(31)21(13-16-33-2)28-24(30)18-9-3-5-11-20(18)26/h3-6,9-12,21-22H,7-8,13-17H2,1-2H3,(H,27,31)(H,28,30)/t21-,22+/m0/s1. The molecule has 2 N–H and O–H groups in total. The SMILES string of the molecule is COc1ccccc1[C@@H](CNC(=O)[C@H](CCSC)NC(=O)c1ccccc1Cl)N1CCCC1. The van der Waals surface area contributed by atoms with Gasteiger partial charge in [-0.3, -0.25) is 14.5 Å². The highest BCUT2D eigenvalue weighted by molar-refractivity contribution is 7.98. The van der Waals surface area contributed by atoms with Crippen LogP contribution in [0, 0.1) is 0 Å². The molecule has 1 aliphatic rings. The second-order valence-corrected chi connectivity index (χ2v) is 9.43. The minimum atomic E-state index is -0.641. The first kappa shape index (κ1) is 25.4. The van der Waals surface area contributed by atoms with Crippen molar-refractivity contribution in [3.63, 3.8) is 0 Å². The first-order valence-corrected chi connectivity index (χ1v) is 13.0. The third-order valence-corrected chi connectivity index (χ3v) is 6.87. The van der Waals surface area contributed by atoms with E-state index in [0.29, 0.717) is 23.6 Å². The molecule has 0 spiro atoms. The zero-order valence-electron chi connectivity index (χ0n) is 19.2. The number of carbonyl (C=O) groups is 2. The van der Waals surface area contributed by atoms with Crippen molar-refractivity contribution in [2.75, 3.05) is 38.8 Å². The molecule has 178 valence electrons. The highest BCUT2D eigenvalue weighted by atomic mass is 35.5. The lowest BCUT2D eigenvalue weighted by Gasteiger charge is -2.30. The van der Waals surface area contributed by atoms with Crippen LogP contribution in [0.2, 0.25) is 5.02 Å². The van der Waals surface area contributed by atoms with E-state index in [4.69, 9.17) is 16.3 Å². The Morgan fingerprint density at radius 3 is 2.52 bits per heavy atom. The van der Waals surface area contributed by atoms with Crippen molar-refractivity contribution in [1.82, 2.24) is 15.5 Å². The Hall–Kier alpha value is -2.22. The fourth-order valence-electron chi connectivity index (χ4n) is 4.14. The number of thioether (sulfide) groups is 1. The molecule has 0 unspecified atom stereocenters. The maximum absolute atomic E-state index is 13.2. The maximum Gasteiger partial charge on any atom is 0.253 e. The molecule has 0 aromatic heterocycles. The third kappa shape index (κ3) is 6.88. The average Bonchev–Trinajstić information content (AvgIpc) is 3.37. The number of para-hydroxylation sites is 1. The number of ether oxygens (including phenoxy) is 1. The molecule has 2 atom stereocenters. The molecular weight excluding hydrogens is 458 g/mol. The number of amides is 2. The number of nitrogens with zero attached hydrogens (tertiary/aromatic N) is 1. The summed E-state index contributed by atoms with van der Waals surface area (Å²) in [6, 6.07) is 14.2. The molecule has 2 amide bonds. The molecule has 2 aromatic rings. The van der Waals surface area contributed by atoms with Crippen LogP contribution in [0.15, 0.2) is 48.5 Å². The number of hydrogen-bond donors (Lipinski definition) is 2. The molecule has 2 aromatic carbocycles. The van der Waals surface area contributed by atoms with Gasteiger partial charge in [-0.25, -0.2) is 0 Å². The van der Waals surface area contributed by atoms with Crippen molar-refractivity contribution in [1.29, 1.82) is 0 Å². The Morgan fingerprint density at radius 2 is 1.82 bits per heavy atom. The minimum Gasteiger partial charge on any atom is -0.496 e. The average molecular weight is 490 g/mol. The van der Waals surface area contributed by atoms with Crippen LogP contribution in [0.1, 0.15) is 41.2 Å². The molecule has 0 bridgehead atoms. The van der Waals surface area contributed by atoms with Crippen LogP contribution in [-0.4, -0.2) is 61.5 Å². The number of carbonyl (C=O) groups excluding carboxylic acids is 2. The second-order valence-electron chi connectivity index (χ2n) is 8.03. The smallest absolute Gasteiger partial charge is 0.253 e. The lowest BCUT2D eigenvalue weighted by Crippen LogP contribution is -2.49. The van der Waals surface area contributed by atoms with E-state index in [1.54, 1.807) is 43.1 Å². The highest BCUT2D eigenvalue weighted by Gasteiger charge is 2.28. The number of methoxy groups -OCH3 is 1. The molecule has 0 aliphatic carbocycles. The number of halogens is 1. The minimum absolute atomic E-state index is 0.00747. The largest absolute Gasteiger partial charge is 0.496 e. The van der Waals surface area contributed by atoms with Gasteiger partial charge >= 0.3 is 0 Å². The third-order valence-electron chi connectivity index (χ3n) is 5.90. The quantitative estimate of drug-likeness (QED) is 0.496. The molecule has 33 heavy (non-hydrogen) atoms. The predicted molar refractivity (Wildman–Crippen MR) is 135 cm³/mol. The van der Waals surface area contributed by atoms with Gasteiger partial charge in [-0.15, -0.1) is 0 Å². The van der Waals surface area contributed by atoms with Crippen LogP contribution < -0.4 is 15.4 Å². The molecular formula is C25H32ClN3O3S. The zero-order valence-corrected chi connectivity index (χ0v) is 20.8. The van der Waals surface area contributed by atoms with Crippen LogP contribution in [0.5, 0.6) is 5.75 Å². The Morgan fingerprint density at radius 1 is 1.12 bits per heavy atom. The van der Waals surface area contributed by atoms with Crippen LogP contribution in [-0.2, 0) is 4.79 Å². The van der Waals surface area contributed by atoms with E-state index in [0.717, 1.165) is 43.0 Å². The van der Waals surface area contributed by atoms with Gasteiger partial charge in [0, 0.05) is 12.1 Å². The zero-order chi connectivity index (χ0) is 23.6. The van der Waals surface area contributed by atoms with Crippen LogP contribution in [0.4, 0.5) is 0 Å². The Balaban J connectivity index is 1.72. The Labute approximate surface area is 205 Å². The monoisotopic (exact) mass is 489 g/mol. The van der Waals surface area contributed by atoms with Gasteiger partial charge in [-0.1, -0.05) is 41.9 Å². The van der Waals surface area contributed by atoms with E-state index < -0.39 is 6.04 Å². The van der Waals surface area contributed by atoms with Crippen molar-refractivity contribution in [3.8, 4) is 5.75 Å². The van der Waals surface area contributed by atoms with E-state index in [9.17, 15) is 9.59 Å². The number of nitrogens with one attached hydrogen (secondary N) is 2. The summed E-state index contributed by atoms with van der Waals surface area (Å²) < 4.78 is 5.59. The molecule has 1 saturated heterocycles. The maximum atomic E-state index is 13.2. The van der Waals surface area contributed by atoms with Gasteiger partial charge in [0.15, 0.2) is 0 Å². The van der Waals surface area contributed by atoms with E-state index in [1.807, 2.05) is 24.5 Å². The van der Waals surface area contributed by atoms with E-state index in [-0.39, 0.29) is 17.9 Å². The molecule has 1 aliphatic heterocycles. The summed E-state index contributed by atoms with van der Waals surface area (Å²) in [5.41, 5.74) is 1.42. The summed E-state index contributed by atoms with van der Waals surface area (Å²) in [6.07, 6.45) is 4.80. The molecule has 1 fully saturated rings. The topological polar surface area (TPSA) is 70.7 Å². The van der Waals surface area contributed by atoms with Crippen molar-refractivity contribution in [2.24, 2.45) is 0 Å². The fourth-order valence-corrected chi connectivity index (χ4v) is 4.83. The summed E-state index contributed by atoms with van der Waals surface area (Å²) in [5.74, 6) is 1.03. The summed E-state index contributed by atoms with van der Waals surface area (Å²) in [5, 5.41) is 6.34. The molecule has 1 heterocycles. The Kier molecular flexibility index (Phi) is 9.91. The van der Waals surface area contributed by atoms with E-state index >= 15 is 0 Å². The van der Waals surface area contributed by atoms with Gasteiger partial charge in [0.25, 0.3) is 5.91 Å². The van der Waals surface area contributed by atoms with Crippen molar-refractivity contribution in [3.05, 3.63) is 64.7 Å². The number of hydrogen-bond acceptors (Lipinski definition) is 5. The number of likely N-dealkylation sites (tertiary alicyclic amines) is 1. The number of benzene rings is 2. The fraction of sp³-hybridized carbons (Fsp3) is 0.440. The van der Waals surface area contributed by atoms with Crippen molar-refractivity contribution in [2.45, 2.75) is 31.3 Å². The normalized spacial score (nSPS) is 15.6. The van der Waals surface area contributed by atoms with Crippen LogP contribution in [0.25, 0.3) is 0 Å². The van der Waals surface area contributed by atoms with Gasteiger partial charge < -0.3 is 15.4 Å². The van der Waals surface area contributed by atoms with Gasteiger partial charge in [0.1, 0.15) is 11.8 Å². The lowest BCUT2D eigenvalue weighted by molar-refractivity contribution is -0.123. The number of rotatable bonds is 11. The molecule has 8 heteroatoms. The van der Waals surface area contributed by atoms with Crippen molar-refractivity contribution < 1.29 is 14.3 Å². The van der Waals surface area contributed by atoms with E-state index in [2.05, 4.69) is 21.6 Å². The van der Waals surface area contributed by atoms with Crippen molar-refractivity contribution >= 4 is 35.2 Å². The summed E-state index contributed by atoms with van der Waals surface area (Å²) in [4.78, 5) is 28.4. The second kappa shape index (κ2) is 12.9. The van der Waals surface area contributed by atoms with Gasteiger partial charge in [0.2, 0.25) is 5.91 Å². The molecule has 0 radical (unpaired) electrons. The molecule has 6 nitrogen and oxygen atoms in total. The summed E-state index contributed by atoms with van der Waals surface area (Å²) in [7, 11) is 1.67. The van der Waals surface area contributed by atoms with Crippen LogP contribution in [0.3, 0.4) is 0 Å². The first-order valence-electron chi connectivity index (χ1n) is 11.2. The highest BCUT2D eigenvalue weighted by Crippen LogP contribution is 2.31. The molecule has 0 saturated carbocycles. The first-order chi connectivity index (χ1) is 16.0. The Bertz CT molecular complexity index is 937. The van der Waals surface area contributed by atoms with Gasteiger partial charge in [-0.2, -0.15) is 11.8 Å². The van der Waals surface area contributed by atoms with E-state index in [1.165, 1.54) is 0 Å².